The van der Waals surface area contributed by atoms with Crippen LogP contribution >= 0.6 is 0 Å². The molecule has 0 fully saturated rings. The van der Waals surface area contributed by atoms with Crippen molar-refractivity contribution in [1.82, 2.24) is 5.06 Å². The summed E-state index contributed by atoms with van der Waals surface area (Å²) in [7, 11) is 0. The quantitative estimate of drug-likeness (QED) is 0.600. The summed E-state index contributed by atoms with van der Waals surface area (Å²) in [6.07, 6.45) is -5.19. The van der Waals surface area contributed by atoms with Crippen molar-refractivity contribution in [3.8, 4) is 0 Å². The molecule has 0 bridgehead atoms. The molecule has 0 N–H and O–H groups in total. The van der Waals surface area contributed by atoms with E-state index in [9.17, 15) is 36.3 Å². The second-order valence-corrected chi connectivity index (χ2v) is 5.11. The number of rotatable bonds is 2. The van der Waals surface area contributed by atoms with E-state index in [4.69, 9.17) is 0 Å². The number of amides is 2. The van der Waals surface area contributed by atoms with Gasteiger partial charge in [-0.1, -0.05) is 17.2 Å². The number of hydrogen-bond donors (Lipinski definition) is 0. The third-order valence-corrected chi connectivity index (χ3v) is 3.53. The topological polar surface area (TPSA) is 63.7 Å². The molecular weight excluding hydrogens is 365 g/mol. The van der Waals surface area contributed by atoms with Crippen LogP contribution in [-0.4, -0.2) is 22.8 Å². The van der Waals surface area contributed by atoms with E-state index in [0.717, 1.165) is 0 Å². The minimum atomic E-state index is -5.19. The first-order valence-corrected chi connectivity index (χ1v) is 6.88. The molecule has 1 heterocycles. The number of halogens is 5. The van der Waals surface area contributed by atoms with Crippen LogP contribution in [0.3, 0.4) is 0 Å². The molecule has 0 aliphatic carbocycles. The lowest BCUT2D eigenvalue weighted by molar-refractivity contribution is -0.140. The van der Waals surface area contributed by atoms with Crippen molar-refractivity contribution >= 4 is 17.8 Å². The van der Waals surface area contributed by atoms with Crippen LogP contribution in [0, 0.1) is 11.6 Å². The van der Waals surface area contributed by atoms with Crippen molar-refractivity contribution in [3.05, 3.63) is 70.3 Å². The van der Waals surface area contributed by atoms with E-state index < -0.39 is 46.7 Å². The lowest BCUT2D eigenvalue weighted by Crippen LogP contribution is -2.33. The first kappa shape index (κ1) is 17.5. The normalized spacial score (nSPS) is 13.8. The van der Waals surface area contributed by atoms with Crippen molar-refractivity contribution < 1.29 is 41.2 Å². The van der Waals surface area contributed by atoms with Crippen molar-refractivity contribution in [2.45, 2.75) is 6.18 Å². The van der Waals surface area contributed by atoms with Gasteiger partial charge in [0.1, 0.15) is 11.4 Å². The number of alkyl halides is 3. The second kappa shape index (κ2) is 5.90. The Kier molecular flexibility index (Phi) is 3.98. The van der Waals surface area contributed by atoms with Gasteiger partial charge in [-0.2, -0.15) is 13.2 Å². The number of benzene rings is 2. The van der Waals surface area contributed by atoms with Crippen molar-refractivity contribution in [3.63, 3.8) is 0 Å². The third kappa shape index (κ3) is 2.68. The Balaban J connectivity index is 1.95. The first-order chi connectivity index (χ1) is 12.1. The molecule has 0 saturated heterocycles. The van der Waals surface area contributed by atoms with E-state index in [-0.39, 0.29) is 28.3 Å². The molecule has 0 atom stereocenters. The van der Waals surface area contributed by atoms with Crippen LogP contribution in [-0.2, 0) is 11.0 Å². The second-order valence-electron chi connectivity index (χ2n) is 5.11. The number of fused-ring (bicyclic) bond motifs is 1. The van der Waals surface area contributed by atoms with Gasteiger partial charge in [-0.25, -0.2) is 13.6 Å². The van der Waals surface area contributed by atoms with Crippen LogP contribution < -0.4 is 0 Å². The number of imide groups is 1. The fraction of sp³-hybridized carbons (Fsp3) is 0.0625. The Morgan fingerprint density at radius 1 is 0.923 bits per heavy atom. The zero-order chi connectivity index (χ0) is 19.2. The van der Waals surface area contributed by atoms with Crippen LogP contribution in [0.25, 0.3) is 0 Å². The summed E-state index contributed by atoms with van der Waals surface area (Å²) >= 11 is 0. The van der Waals surface area contributed by atoms with Gasteiger partial charge in [0.2, 0.25) is 0 Å². The van der Waals surface area contributed by atoms with Gasteiger partial charge in [-0.05, 0) is 24.3 Å². The van der Waals surface area contributed by atoms with Gasteiger partial charge in [-0.3, -0.25) is 9.59 Å². The minimum absolute atomic E-state index is 0.0634. The maximum absolute atomic E-state index is 14.0. The Bertz CT molecular complexity index is 919. The van der Waals surface area contributed by atoms with Gasteiger partial charge < -0.3 is 4.84 Å². The maximum Gasteiger partial charge on any atom is 0.419 e. The molecule has 0 aromatic heterocycles. The molecule has 0 spiro atoms. The molecule has 5 nitrogen and oxygen atoms in total. The number of nitrogens with zero attached hydrogens (tertiary/aromatic N) is 1. The van der Waals surface area contributed by atoms with E-state index >= 15 is 0 Å². The maximum atomic E-state index is 14.0. The zero-order valence-electron chi connectivity index (χ0n) is 12.4. The van der Waals surface area contributed by atoms with E-state index in [1.807, 2.05) is 0 Å². The summed E-state index contributed by atoms with van der Waals surface area (Å²) in [6, 6.07) is 5.67. The smallest absolute Gasteiger partial charge is 0.324 e. The molecule has 134 valence electrons. The molecule has 2 aromatic carbocycles. The third-order valence-electron chi connectivity index (χ3n) is 3.53. The Labute approximate surface area is 141 Å². The molecule has 0 saturated carbocycles. The lowest BCUT2D eigenvalue weighted by atomic mass is 10.1. The monoisotopic (exact) mass is 371 g/mol. The largest absolute Gasteiger partial charge is 0.419 e. The van der Waals surface area contributed by atoms with Gasteiger partial charge in [0.25, 0.3) is 11.8 Å². The van der Waals surface area contributed by atoms with E-state index in [1.165, 1.54) is 24.3 Å². The highest BCUT2D eigenvalue weighted by Gasteiger charge is 2.41. The lowest BCUT2D eigenvalue weighted by Gasteiger charge is -2.15. The van der Waals surface area contributed by atoms with Crippen molar-refractivity contribution in [1.29, 1.82) is 0 Å². The molecule has 3 rings (SSSR count). The van der Waals surface area contributed by atoms with Gasteiger partial charge in [-0.15, -0.1) is 0 Å². The molecule has 1 aliphatic rings. The van der Waals surface area contributed by atoms with Gasteiger partial charge in [0, 0.05) is 0 Å². The average molecular weight is 371 g/mol. The molecule has 0 radical (unpaired) electrons. The van der Waals surface area contributed by atoms with E-state index in [2.05, 4.69) is 4.84 Å². The Hall–Kier alpha value is -3.30. The fourth-order valence-corrected chi connectivity index (χ4v) is 2.34. The zero-order valence-corrected chi connectivity index (χ0v) is 12.4. The average Bonchev–Trinajstić information content (AvgIpc) is 2.79. The van der Waals surface area contributed by atoms with Gasteiger partial charge in [0.05, 0.1) is 16.7 Å². The van der Waals surface area contributed by atoms with Crippen molar-refractivity contribution in [2.24, 2.45) is 0 Å². The van der Waals surface area contributed by atoms with Crippen molar-refractivity contribution in [2.75, 3.05) is 0 Å². The first-order valence-electron chi connectivity index (χ1n) is 6.88. The van der Waals surface area contributed by atoms with Crippen LogP contribution in [0.1, 0.15) is 36.6 Å². The summed E-state index contributed by atoms with van der Waals surface area (Å²) in [5.41, 5.74) is -3.82. The summed E-state index contributed by atoms with van der Waals surface area (Å²) in [6.45, 7) is 0. The van der Waals surface area contributed by atoms with Gasteiger partial charge in [0.15, 0.2) is 5.82 Å². The molecule has 2 amide bonds. The van der Waals surface area contributed by atoms with E-state index in [1.54, 1.807) is 0 Å². The van der Waals surface area contributed by atoms with E-state index in [0.29, 0.717) is 0 Å². The highest BCUT2D eigenvalue weighted by Crippen LogP contribution is 2.34. The van der Waals surface area contributed by atoms with Crippen LogP contribution in [0.15, 0.2) is 36.4 Å². The predicted molar refractivity (Wildman–Crippen MR) is 73.7 cm³/mol. The SMILES string of the molecule is O=C(ON1C(=O)c2ccccc2C1=O)c1c(F)ccc(C(F)(F)F)c1F. The number of hydrogen-bond acceptors (Lipinski definition) is 4. The standard InChI is InChI=1S/C16H6F5NO4/c17-10-6-5-9(16(19,20)21)12(18)11(10)15(25)26-22-13(23)7-3-1-2-4-8(7)14(22)24/h1-6H. The summed E-state index contributed by atoms with van der Waals surface area (Å²) in [5, 5.41) is -0.0634. The molecular formula is C16H6F5NO4. The number of hydroxylamine groups is 2. The predicted octanol–water partition coefficient (Wildman–Crippen LogP) is 3.35. The Morgan fingerprint density at radius 2 is 1.46 bits per heavy atom. The molecule has 0 unspecified atom stereocenters. The van der Waals surface area contributed by atoms with Gasteiger partial charge >= 0.3 is 12.1 Å². The summed E-state index contributed by atoms with van der Waals surface area (Å²) in [4.78, 5) is 40.4. The van der Waals surface area contributed by atoms with Crippen LogP contribution in [0.2, 0.25) is 0 Å². The molecule has 10 heteroatoms. The molecule has 1 aliphatic heterocycles. The minimum Gasteiger partial charge on any atom is -0.324 e. The molecule has 26 heavy (non-hydrogen) atoms. The summed E-state index contributed by atoms with van der Waals surface area (Å²) in [5.74, 6) is -7.99. The highest BCUT2D eigenvalue weighted by atomic mass is 19.4. The van der Waals surface area contributed by atoms with Crippen LogP contribution in [0.4, 0.5) is 22.0 Å². The number of carbonyl (C=O) groups excluding carboxylic acids is 3. The number of carbonyl (C=O) groups is 3. The highest BCUT2D eigenvalue weighted by molar-refractivity contribution is 6.21. The molecule has 2 aromatic rings. The Morgan fingerprint density at radius 3 is 1.96 bits per heavy atom. The fourth-order valence-electron chi connectivity index (χ4n) is 2.34. The van der Waals surface area contributed by atoms with Crippen LogP contribution in [0.5, 0.6) is 0 Å². The summed E-state index contributed by atoms with van der Waals surface area (Å²) < 4.78 is 65.8.